The number of carbonyl (C=O) groups is 1. The number of fused-ring (bicyclic) bond motifs is 1. The Morgan fingerprint density at radius 3 is 2.67 bits per heavy atom. The first kappa shape index (κ1) is 13.4. The summed E-state index contributed by atoms with van der Waals surface area (Å²) in [5, 5.41) is 2.96. The van der Waals surface area contributed by atoms with Gasteiger partial charge in [0.15, 0.2) is 0 Å². The van der Waals surface area contributed by atoms with Crippen molar-refractivity contribution >= 4 is 17.2 Å². The summed E-state index contributed by atoms with van der Waals surface area (Å²) in [7, 11) is 0. The van der Waals surface area contributed by atoms with E-state index in [1.165, 1.54) is 0 Å². The van der Waals surface area contributed by atoms with Crippen molar-refractivity contribution in [2.45, 2.75) is 13.8 Å². The number of benzene rings is 1. The molecule has 3 rings (SSSR count). The molecular formula is C17H17N3O. The van der Waals surface area contributed by atoms with Gasteiger partial charge in [-0.2, -0.15) is 0 Å². The summed E-state index contributed by atoms with van der Waals surface area (Å²) >= 11 is 0. The number of carbonyl (C=O) groups excluding carboxylic acids is 1. The molecule has 1 amide bonds. The largest absolute Gasteiger partial charge is 0.325 e. The van der Waals surface area contributed by atoms with E-state index < -0.39 is 0 Å². The lowest BCUT2D eigenvalue weighted by Crippen LogP contribution is -2.18. The lowest BCUT2D eigenvalue weighted by Gasteiger charge is -2.11. The lowest BCUT2D eigenvalue weighted by atomic mass is 10.1. The Balaban J connectivity index is 2.03. The Morgan fingerprint density at radius 1 is 1.14 bits per heavy atom. The second-order valence-corrected chi connectivity index (χ2v) is 5.28. The van der Waals surface area contributed by atoms with Crippen molar-refractivity contribution in [2.75, 3.05) is 5.32 Å². The maximum Gasteiger partial charge on any atom is 0.226 e. The highest BCUT2D eigenvalue weighted by molar-refractivity contribution is 5.96. The van der Waals surface area contributed by atoms with E-state index in [1.807, 2.05) is 73.1 Å². The SMILES string of the molecule is CC(C)C(=O)Nc1ccccc1-c1cn2ccccc2n1. The van der Waals surface area contributed by atoms with E-state index in [0.29, 0.717) is 0 Å². The van der Waals surface area contributed by atoms with E-state index in [-0.39, 0.29) is 11.8 Å². The van der Waals surface area contributed by atoms with Crippen molar-refractivity contribution in [1.82, 2.24) is 9.38 Å². The van der Waals surface area contributed by atoms with Crippen molar-refractivity contribution in [3.05, 3.63) is 54.9 Å². The van der Waals surface area contributed by atoms with Gasteiger partial charge in [0.25, 0.3) is 0 Å². The maximum absolute atomic E-state index is 11.9. The van der Waals surface area contributed by atoms with Crippen LogP contribution >= 0.6 is 0 Å². The number of aromatic nitrogens is 2. The average Bonchev–Trinajstić information content (AvgIpc) is 2.91. The summed E-state index contributed by atoms with van der Waals surface area (Å²) < 4.78 is 1.97. The fourth-order valence-electron chi connectivity index (χ4n) is 2.16. The first-order valence-corrected chi connectivity index (χ1v) is 6.99. The molecule has 1 aromatic carbocycles. The first-order valence-electron chi connectivity index (χ1n) is 6.99. The van der Waals surface area contributed by atoms with E-state index in [4.69, 9.17) is 0 Å². The maximum atomic E-state index is 11.9. The molecule has 0 aliphatic heterocycles. The van der Waals surface area contributed by atoms with Gasteiger partial charge in [0.2, 0.25) is 5.91 Å². The third-order valence-electron chi connectivity index (χ3n) is 3.35. The molecule has 2 heterocycles. The van der Waals surface area contributed by atoms with Crippen LogP contribution in [-0.2, 0) is 4.79 Å². The monoisotopic (exact) mass is 279 g/mol. The Kier molecular flexibility index (Phi) is 3.44. The predicted molar refractivity (Wildman–Crippen MR) is 84.1 cm³/mol. The average molecular weight is 279 g/mol. The van der Waals surface area contributed by atoms with Crippen LogP contribution in [0.1, 0.15) is 13.8 Å². The zero-order valence-electron chi connectivity index (χ0n) is 12.1. The van der Waals surface area contributed by atoms with E-state index >= 15 is 0 Å². The molecule has 4 nitrogen and oxygen atoms in total. The molecule has 4 heteroatoms. The van der Waals surface area contributed by atoms with E-state index in [2.05, 4.69) is 10.3 Å². The standard InChI is InChI=1S/C17H17N3O/c1-12(2)17(21)19-14-8-4-3-7-13(14)15-11-20-10-6-5-9-16(20)18-15/h3-12H,1-2H3,(H,19,21). The smallest absolute Gasteiger partial charge is 0.226 e. The highest BCUT2D eigenvalue weighted by atomic mass is 16.1. The highest BCUT2D eigenvalue weighted by Crippen LogP contribution is 2.27. The molecule has 0 atom stereocenters. The number of nitrogens with one attached hydrogen (secondary N) is 1. The van der Waals surface area contributed by atoms with Gasteiger partial charge < -0.3 is 9.72 Å². The number of anilines is 1. The van der Waals surface area contributed by atoms with Gasteiger partial charge in [-0.3, -0.25) is 4.79 Å². The number of para-hydroxylation sites is 1. The van der Waals surface area contributed by atoms with Gasteiger partial charge in [0, 0.05) is 23.9 Å². The molecule has 0 aliphatic carbocycles. The molecule has 3 aromatic rings. The van der Waals surface area contributed by atoms with Crippen molar-refractivity contribution in [3.8, 4) is 11.3 Å². The number of rotatable bonds is 3. The van der Waals surface area contributed by atoms with Crippen LogP contribution in [0, 0.1) is 5.92 Å². The molecule has 0 radical (unpaired) electrons. The summed E-state index contributed by atoms with van der Waals surface area (Å²) in [4.78, 5) is 16.5. The lowest BCUT2D eigenvalue weighted by molar-refractivity contribution is -0.118. The second-order valence-electron chi connectivity index (χ2n) is 5.28. The Morgan fingerprint density at radius 2 is 1.90 bits per heavy atom. The second kappa shape index (κ2) is 5.40. The number of hydrogen-bond donors (Lipinski definition) is 1. The topological polar surface area (TPSA) is 46.4 Å². The van der Waals surface area contributed by atoms with Crippen molar-refractivity contribution in [3.63, 3.8) is 0 Å². The third kappa shape index (κ3) is 2.65. The van der Waals surface area contributed by atoms with Crippen LogP contribution in [0.3, 0.4) is 0 Å². The zero-order valence-corrected chi connectivity index (χ0v) is 12.1. The molecular weight excluding hydrogens is 262 g/mol. The van der Waals surface area contributed by atoms with Crippen LogP contribution in [0.2, 0.25) is 0 Å². The van der Waals surface area contributed by atoms with Gasteiger partial charge >= 0.3 is 0 Å². The van der Waals surface area contributed by atoms with Crippen LogP contribution < -0.4 is 5.32 Å². The molecule has 0 aliphatic rings. The Labute approximate surface area is 123 Å². The molecule has 2 aromatic heterocycles. The Hall–Kier alpha value is -2.62. The van der Waals surface area contributed by atoms with E-state index in [9.17, 15) is 4.79 Å². The van der Waals surface area contributed by atoms with Gasteiger partial charge in [-0.25, -0.2) is 4.98 Å². The van der Waals surface area contributed by atoms with Gasteiger partial charge in [0.1, 0.15) is 5.65 Å². The first-order chi connectivity index (χ1) is 10.1. The number of hydrogen-bond acceptors (Lipinski definition) is 2. The summed E-state index contributed by atoms with van der Waals surface area (Å²) in [5.41, 5.74) is 3.45. The summed E-state index contributed by atoms with van der Waals surface area (Å²) in [5.74, 6) is -0.0506. The molecule has 0 unspecified atom stereocenters. The minimum Gasteiger partial charge on any atom is -0.325 e. The summed E-state index contributed by atoms with van der Waals surface area (Å²) in [6.45, 7) is 3.76. The predicted octanol–water partition coefficient (Wildman–Crippen LogP) is 3.60. The molecule has 0 saturated heterocycles. The fourth-order valence-corrected chi connectivity index (χ4v) is 2.16. The van der Waals surface area contributed by atoms with Crippen LogP contribution in [-0.4, -0.2) is 15.3 Å². The molecule has 0 fully saturated rings. The van der Waals surface area contributed by atoms with Gasteiger partial charge in [-0.05, 0) is 18.2 Å². The van der Waals surface area contributed by atoms with Crippen LogP contribution in [0.25, 0.3) is 16.9 Å². The molecule has 0 spiro atoms. The minimum atomic E-state index is -0.0564. The third-order valence-corrected chi connectivity index (χ3v) is 3.35. The molecule has 21 heavy (non-hydrogen) atoms. The number of imidazole rings is 1. The number of pyridine rings is 1. The van der Waals surface area contributed by atoms with Crippen LogP contribution in [0.5, 0.6) is 0 Å². The zero-order chi connectivity index (χ0) is 14.8. The van der Waals surface area contributed by atoms with Crippen LogP contribution in [0.4, 0.5) is 5.69 Å². The van der Waals surface area contributed by atoms with Crippen molar-refractivity contribution in [2.24, 2.45) is 5.92 Å². The van der Waals surface area contributed by atoms with Gasteiger partial charge in [0.05, 0.1) is 11.4 Å². The number of nitrogens with zero attached hydrogens (tertiary/aromatic N) is 2. The molecule has 1 N–H and O–H groups in total. The molecule has 0 bridgehead atoms. The summed E-state index contributed by atoms with van der Waals surface area (Å²) in [6, 6.07) is 13.6. The minimum absolute atomic E-state index is 0.00575. The normalized spacial score (nSPS) is 11.0. The van der Waals surface area contributed by atoms with Crippen molar-refractivity contribution in [1.29, 1.82) is 0 Å². The van der Waals surface area contributed by atoms with E-state index in [0.717, 1.165) is 22.6 Å². The highest BCUT2D eigenvalue weighted by Gasteiger charge is 2.12. The van der Waals surface area contributed by atoms with E-state index in [1.54, 1.807) is 0 Å². The quantitative estimate of drug-likeness (QED) is 0.796. The molecule has 106 valence electrons. The summed E-state index contributed by atoms with van der Waals surface area (Å²) in [6.07, 6.45) is 3.93. The number of amides is 1. The fraction of sp³-hybridized carbons (Fsp3) is 0.176. The molecule has 0 saturated carbocycles. The van der Waals surface area contributed by atoms with Gasteiger partial charge in [-0.1, -0.05) is 38.1 Å². The Bertz CT molecular complexity index is 756. The van der Waals surface area contributed by atoms with Crippen LogP contribution in [0.15, 0.2) is 54.9 Å². The van der Waals surface area contributed by atoms with Gasteiger partial charge in [-0.15, -0.1) is 0 Å². The van der Waals surface area contributed by atoms with Crippen molar-refractivity contribution < 1.29 is 4.79 Å².